The molecule has 5 nitrogen and oxygen atoms in total. The second kappa shape index (κ2) is 7.21. The Kier molecular flexibility index (Phi) is 5.10. The number of aromatic amines is 1. The largest absolute Gasteiger partial charge is 0.416 e. The van der Waals surface area contributed by atoms with Crippen molar-refractivity contribution in [3.63, 3.8) is 0 Å². The SMILES string of the molecule is CC(C)c1nc(-c2cnn(C(C)c3ccc(C(F)(F)F)cc3F)c2)cc(=O)[nH]1. The van der Waals surface area contributed by atoms with Crippen molar-refractivity contribution in [3.8, 4) is 11.3 Å². The van der Waals surface area contributed by atoms with Crippen molar-refractivity contribution in [2.45, 2.75) is 38.9 Å². The lowest BCUT2D eigenvalue weighted by molar-refractivity contribution is -0.137. The first-order valence-corrected chi connectivity index (χ1v) is 8.58. The van der Waals surface area contributed by atoms with E-state index >= 15 is 0 Å². The lowest BCUT2D eigenvalue weighted by atomic mass is 10.0. The van der Waals surface area contributed by atoms with Crippen LogP contribution >= 0.6 is 0 Å². The number of halogens is 4. The normalized spacial score (nSPS) is 13.1. The number of rotatable bonds is 4. The molecule has 2 aromatic heterocycles. The van der Waals surface area contributed by atoms with E-state index in [9.17, 15) is 22.4 Å². The Morgan fingerprint density at radius 1 is 1.14 bits per heavy atom. The second-order valence-electron chi connectivity index (χ2n) is 6.79. The van der Waals surface area contributed by atoms with Crippen molar-refractivity contribution in [2.75, 3.05) is 0 Å². The van der Waals surface area contributed by atoms with E-state index < -0.39 is 23.6 Å². The maximum Gasteiger partial charge on any atom is 0.416 e. The zero-order chi connectivity index (χ0) is 20.6. The number of nitrogens with one attached hydrogen (secondary N) is 1. The molecule has 0 aliphatic heterocycles. The highest BCUT2D eigenvalue weighted by Gasteiger charge is 2.31. The van der Waals surface area contributed by atoms with E-state index in [-0.39, 0.29) is 17.0 Å². The Bertz CT molecular complexity index is 1050. The molecule has 0 bridgehead atoms. The first-order chi connectivity index (χ1) is 13.1. The van der Waals surface area contributed by atoms with Gasteiger partial charge in [0.15, 0.2) is 0 Å². The smallest absolute Gasteiger partial charge is 0.310 e. The summed E-state index contributed by atoms with van der Waals surface area (Å²) in [7, 11) is 0. The third-order valence-corrected chi connectivity index (χ3v) is 4.38. The van der Waals surface area contributed by atoms with Gasteiger partial charge in [-0.25, -0.2) is 9.37 Å². The number of alkyl halides is 3. The van der Waals surface area contributed by atoms with Gasteiger partial charge in [-0.15, -0.1) is 0 Å². The molecule has 0 saturated carbocycles. The van der Waals surface area contributed by atoms with Crippen LogP contribution < -0.4 is 5.56 Å². The molecular formula is C19H18F4N4O. The van der Waals surface area contributed by atoms with E-state index in [1.807, 2.05) is 13.8 Å². The van der Waals surface area contributed by atoms with E-state index in [1.54, 1.807) is 13.1 Å². The molecule has 0 fully saturated rings. The predicted octanol–water partition coefficient (Wildman–Crippen LogP) is 4.52. The Morgan fingerprint density at radius 2 is 1.86 bits per heavy atom. The summed E-state index contributed by atoms with van der Waals surface area (Å²) in [5, 5.41) is 4.16. The Hall–Kier alpha value is -2.97. The fourth-order valence-electron chi connectivity index (χ4n) is 2.76. The summed E-state index contributed by atoms with van der Waals surface area (Å²) >= 11 is 0. The highest BCUT2D eigenvalue weighted by Crippen LogP contribution is 2.32. The van der Waals surface area contributed by atoms with Gasteiger partial charge in [-0.1, -0.05) is 19.9 Å². The molecule has 2 heterocycles. The van der Waals surface area contributed by atoms with Gasteiger partial charge >= 0.3 is 6.18 Å². The highest BCUT2D eigenvalue weighted by molar-refractivity contribution is 5.56. The van der Waals surface area contributed by atoms with E-state index in [4.69, 9.17) is 0 Å². The molecule has 1 N–H and O–H groups in total. The van der Waals surface area contributed by atoms with Gasteiger partial charge in [0, 0.05) is 29.3 Å². The highest BCUT2D eigenvalue weighted by atomic mass is 19.4. The molecule has 3 aromatic rings. The summed E-state index contributed by atoms with van der Waals surface area (Å²) in [6.07, 6.45) is -1.56. The minimum atomic E-state index is -4.61. The summed E-state index contributed by atoms with van der Waals surface area (Å²) in [6.45, 7) is 5.40. The minimum absolute atomic E-state index is 0.0165. The fourth-order valence-corrected chi connectivity index (χ4v) is 2.76. The van der Waals surface area contributed by atoms with Gasteiger partial charge in [-0.2, -0.15) is 18.3 Å². The maximum atomic E-state index is 14.2. The van der Waals surface area contributed by atoms with Crippen LogP contribution in [0.3, 0.4) is 0 Å². The topological polar surface area (TPSA) is 63.6 Å². The molecule has 0 aliphatic rings. The van der Waals surface area contributed by atoms with Gasteiger partial charge in [0.2, 0.25) is 0 Å². The van der Waals surface area contributed by atoms with Gasteiger partial charge in [0.25, 0.3) is 5.56 Å². The van der Waals surface area contributed by atoms with Crippen LogP contribution in [0.5, 0.6) is 0 Å². The molecule has 0 amide bonds. The standard InChI is InChI=1S/C19H18F4N4O/c1-10(2)18-25-16(7-17(28)26-18)12-8-24-27(9-12)11(3)14-5-4-13(6-15(14)20)19(21,22)23/h4-11H,1-3H3,(H,25,26,28). The van der Waals surface area contributed by atoms with Crippen LogP contribution in [0.1, 0.15) is 49.7 Å². The van der Waals surface area contributed by atoms with Crippen molar-refractivity contribution in [1.82, 2.24) is 19.7 Å². The number of hydrogen-bond donors (Lipinski definition) is 1. The fraction of sp³-hybridized carbons (Fsp3) is 0.316. The summed E-state index contributed by atoms with van der Waals surface area (Å²) in [5.41, 5.74) is -0.310. The van der Waals surface area contributed by atoms with E-state index in [0.717, 1.165) is 12.1 Å². The summed E-state index contributed by atoms with van der Waals surface area (Å²) in [5.74, 6) is -0.421. The number of H-pyrrole nitrogens is 1. The number of nitrogens with zero attached hydrogens (tertiary/aromatic N) is 3. The number of aromatic nitrogens is 4. The molecule has 0 aliphatic carbocycles. The van der Waals surface area contributed by atoms with Crippen LogP contribution in [0.4, 0.5) is 17.6 Å². The molecular weight excluding hydrogens is 376 g/mol. The van der Waals surface area contributed by atoms with Crippen LogP contribution in [-0.4, -0.2) is 19.7 Å². The van der Waals surface area contributed by atoms with Gasteiger partial charge in [0.05, 0.1) is 23.5 Å². The lowest BCUT2D eigenvalue weighted by Crippen LogP contribution is -2.12. The van der Waals surface area contributed by atoms with Crippen molar-refractivity contribution >= 4 is 0 Å². The maximum absolute atomic E-state index is 14.2. The van der Waals surface area contributed by atoms with Crippen molar-refractivity contribution in [3.05, 3.63) is 69.8 Å². The molecule has 1 unspecified atom stereocenters. The zero-order valence-electron chi connectivity index (χ0n) is 15.4. The van der Waals surface area contributed by atoms with Crippen molar-refractivity contribution < 1.29 is 17.6 Å². The molecule has 1 atom stereocenters. The Balaban J connectivity index is 1.93. The van der Waals surface area contributed by atoms with Crippen LogP contribution in [0.15, 0.2) is 41.5 Å². The molecule has 1 aromatic carbocycles. The average Bonchev–Trinajstić information content (AvgIpc) is 3.10. The van der Waals surface area contributed by atoms with Crippen molar-refractivity contribution in [2.24, 2.45) is 0 Å². The number of benzene rings is 1. The Morgan fingerprint density at radius 3 is 2.46 bits per heavy atom. The lowest BCUT2D eigenvalue weighted by Gasteiger charge is -2.15. The molecule has 0 saturated heterocycles. The van der Waals surface area contributed by atoms with Crippen LogP contribution in [0, 0.1) is 5.82 Å². The second-order valence-corrected chi connectivity index (χ2v) is 6.79. The zero-order valence-corrected chi connectivity index (χ0v) is 15.4. The average molecular weight is 394 g/mol. The van der Waals surface area contributed by atoms with Gasteiger partial charge < -0.3 is 4.98 Å². The van der Waals surface area contributed by atoms with Crippen molar-refractivity contribution in [1.29, 1.82) is 0 Å². The predicted molar refractivity (Wildman–Crippen MR) is 95.4 cm³/mol. The van der Waals surface area contributed by atoms with Crippen LogP contribution in [-0.2, 0) is 6.18 Å². The molecule has 28 heavy (non-hydrogen) atoms. The molecule has 0 radical (unpaired) electrons. The monoisotopic (exact) mass is 394 g/mol. The minimum Gasteiger partial charge on any atom is -0.310 e. The van der Waals surface area contributed by atoms with Crippen LogP contribution in [0.25, 0.3) is 11.3 Å². The molecule has 9 heteroatoms. The van der Waals surface area contributed by atoms with E-state index in [1.165, 1.54) is 16.9 Å². The third-order valence-electron chi connectivity index (χ3n) is 4.38. The Labute approximate surface area is 158 Å². The van der Waals surface area contributed by atoms with Crippen LogP contribution in [0.2, 0.25) is 0 Å². The van der Waals surface area contributed by atoms with E-state index in [0.29, 0.717) is 23.1 Å². The molecule has 0 spiro atoms. The van der Waals surface area contributed by atoms with Gasteiger partial charge in [-0.05, 0) is 19.1 Å². The van der Waals surface area contributed by atoms with Gasteiger partial charge in [-0.3, -0.25) is 9.48 Å². The molecule has 148 valence electrons. The first-order valence-electron chi connectivity index (χ1n) is 8.58. The third kappa shape index (κ3) is 3.97. The van der Waals surface area contributed by atoms with Gasteiger partial charge in [0.1, 0.15) is 11.6 Å². The summed E-state index contributed by atoms with van der Waals surface area (Å²) in [4.78, 5) is 18.9. The summed E-state index contributed by atoms with van der Waals surface area (Å²) < 4.78 is 53.8. The van der Waals surface area contributed by atoms with E-state index in [2.05, 4.69) is 15.1 Å². The first kappa shape index (κ1) is 19.8. The molecule has 3 rings (SSSR count). The number of hydrogen-bond acceptors (Lipinski definition) is 3. The quantitative estimate of drug-likeness (QED) is 0.662. The summed E-state index contributed by atoms with van der Waals surface area (Å²) in [6, 6.07) is 3.10.